The Morgan fingerprint density at radius 1 is 0.553 bits per heavy atom. The number of rotatable bonds is 35. The second kappa shape index (κ2) is 33.2. The van der Waals surface area contributed by atoms with E-state index in [0.29, 0.717) is 12.8 Å². The van der Waals surface area contributed by atoms with Crippen LogP contribution in [0.15, 0.2) is 12.2 Å². The van der Waals surface area contributed by atoms with Crippen molar-refractivity contribution in [2.24, 2.45) is 0 Å². The average Bonchev–Trinajstić information content (AvgIpc) is 3.05. The van der Waals surface area contributed by atoms with Crippen molar-refractivity contribution in [1.29, 1.82) is 0 Å². The number of esters is 2. The van der Waals surface area contributed by atoms with E-state index in [9.17, 15) is 29.3 Å². The summed E-state index contributed by atoms with van der Waals surface area (Å²) in [5.74, 6) is -1.07. The maximum atomic E-state index is 12.1. The molecule has 0 heterocycles. The molecule has 3 atom stereocenters. The molecule has 3 unspecified atom stereocenters. The van der Waals surface area contributed by atoms with Crippen molar-refractivity contribution in [3.63, 3.8) is 0 Å². The predicted octanol–water partition coefficient (Wildman–Crippen LogP) is 8.89. The van der Waals surface area contributed by atoms with Gasteiger partial charge in [-0.1, -0.05) is 129 Å². The number of aliphatic hydroxyl groups excluding tert-OH is 2. The van der Waals surface area contributed by atoms with E-state index < -0.39 is 58.4 Å². The number of hydrogen-bond acceptors (Lipinski definition) is 9. The fourth-order valence-corrected chi connectivity index (χ4v) is 5.87. The molecule has 0 aliphatic carbocycles. The van der Waals surface area contributed by atoms with Gasteiger partial charge in [-0.2, -0.15) is 0 Å². The minimum Gasteiger partial charge on any atom is -0.457 e. The molecule has 11 heteroatoms. The molecule has 3 N–H and O–H groups in total. The number of phosphoric acid groups is 1. The van der Waals surface area contributed by atoms with Gasteiger partial charge in [0.15, 0.2) is 0 Å². The van der Waals surface area contributed by atoms with Crippen LogP contribution < -0.4 is 0 Å². The van der Waals surface area contributed by atoms with Crippen LogP contribution >= 0.6 is 7.82 Å². The zero-order valence-electron chi connectivity index (χ0n) is 29.8. The highest BCUT2D eigenvalue weighted by Crippen LogP contribution is 2.43. The number of unbranched alkanes of at least 4 members (excludes halogenated alkanes) is 19. The standard InChI is InChI=1S/C36H69O10P/c1-3-5-6-7-8-9-10-11-12-13-14-15-16-17-18-19-20-21-22-23-24-25-26-28-36(40)46-34(30-38)32-44-47(41,42)43-31-33(29-37)45-35(39)27-4-2/h13-14,33-34,37-38H,3-12,15-32H2,1-2H3,(H,41,42)/b14-13-. The van der Waals surface area contributed by atoms with Gasteiger partial charge >= 0.3 is 19.8 Å². The zero-order chi connectivity index (χ0) is 34.9. The number of carbonyl (C=O) groups is 2. The molecule has 0 amide bonds. The third-order valence-electron chi connectivity index (χ3n) is 7.95. The van der Waals surface area contributed by atoms with Crippen molar-refractivity contribution < 1.29 is 47.8 Å². The first-order valence-electron chi connectivity index (χ1n) is 18.6. The largest absolute Gasteiger partial charge is 0.472 e. The van der Waals surface area contributed by atoms with Crippen LogP contribution in [0.5, 0.6) is 0 Å². The zero-order valence-corrected chi connectivity index (χ0v) is 30.6. The maximum Gasteiger partial charge on any atom is 0.472 e. The van der Waals surface area contributed by atoms with Gasteiger partial charge in [-0.3, -0.25) is 18.6 Å². The number of aliphatic hydroxyl groups is 2. The molecule has 0 bridgehead atoms. The Morgan fingerprint density at radius 2 is 0.915 bits per heavy atom. The molecule has 10 nitrogen and oxygen atoms in total. The van der Waals surface area contributed by atoms with E-state index in [0.717, 1.165) is 19.3 Å². The van der Waals surface area contributed by atoms with Crippen molar-refractivity contribution in [3.05, 3.63) is 12.2 Å². The highest BCUT2D eigenvalue weighted by molar-refractivity contribution is 7.47. The molecule has 278 valence electrons. The molecule has 0 aromatic carbocycles. The van der Waals surface area contributed by atoms with Crippen molar-refractivity contribution in [3.8, 4) is 0 Å². The Hall–Kier alpha value is -1.29. The van der Waals surface area contributed by atoms with Gasteiger partial charge in [0.05, 0.1) is 26.4 Å². The molecule has 0 fully saturated rings. The first-order chi connectivity index (χ1) is 22.8. The quantitative estimate of drug-likeness (QED) is 0.0254. The van der Waals surface area contributed by atoms with Gasteiger partial charge in [0.25, 0.3) is 0 Å². The van der Waals surface area contributed by atoms with Crippen LogP contribution in [0.1, 0.15) is 168 Å². The summed E-state index contributed by atoms with van der Waals surface area (Å²) in [5.41, 5.74) is 0. The molecule has 0 rings (SSSR count). The van der Waals surface area contributed by atoms with E-state index in [2.05, 4.69) is 19.1 Å². The summed E-state index contributed by atoms with van der Waals surface area (Å²) in [6, 6.07) is 0. The topological polar surface area (TPSA) is 149 Å². The van der Waals surface area contributed by atoms with Crippen LogP contribution in [0.25, 0.3) is 0 Å². The lowest BCUT2D eigenvalue weighted by atomic mass is 10.0. The number of allylic oxidation sites excluding steroid dienone is 2. The molecule has 0 saturated heterocycles. The van der Waals surface area contributed by atoms with E-state index in [4.69, 9.17) is 18.5 Å². The van der Waals surface area contributed by atoms with E-state index >= 15 is 0 Å². The third-order valence-corrected chi connectivity index (χ3v) is 8.90. The van der Waals surface area contributed by atoms with E-state index in [1.807, 2.05) is 0 Å². The lowest BCUT2D eigenvalue weighted by molar-refractivity contribution is -0.153. The Kier molecular flexibility index (Phi) is 32.3. The number of phosphoric ester groups is 1. The summed E-state index contributed by atoms with van der Waals surface area (Å²) < 4.78 is 31.8. The minimum absolute atomic E-state index is 0.144. The van der Waals surface area contributed by atoms with Crippen molar-refractivity contribution >= 4 is 19.8 Å². The number of ether oxygens (including phenoxy) is 2. The smallest absolute Gasteiger partial charge is 0.457 e. The van der Waals surface area contributed by atoms with Gasteiger partial charge in [0, 0.05) is 12.8 Å². The summed E-state index contributed by atoms with van der Waals surface area (Å²) in [6.45, 7) is 1.77. The molecule has 0 aliphatic heterocycles. The molecular formula is C36H69O10P. The lowest BCUT2D eigenvalue weighted by Gasteiger charge is -2.20. The summed E-state index contributed by atoms with van der Waals surface area (Å²) in [4.78, 5) is 33.5. The monoisotopic (exact) mass is 692 g/mol. The Labute approximate surface area is 286 Å². The van der Waals surface area contributed by atoms with Crippen LogP contribution in [-0.2, 0) is 32.7 Å². The number of hydrogen-bond donors (Lipinski definition) is 3. The summed E-state index contributed by atoms with van der Waals surface area (Å²) in [5, 5.41) is 18.7. The van der Waals surface area contributed by atoms with E-state index in [1.165, 1.54) is 109 Å². The fraction of sp³-hybridized carbons (Fsp3) is 0.889. The molecule has 47 heavy (non-hydrogen) atoms. The number of carbonyl (C=O) groups excluding carboxylic acids is 2. The first-order valence-corrected chi connectivity index (χ1v) is 20.1. The minimum atomic E-state index is -4.60. The maximum absolute atomic E-state index is 12.1. The Balaban J connectivity index is 3.69. The molecule has 0 aromatic rings. The molecule has 0 radical (unpaired) electrons. The summed E-state index contributed by atoms with van der Waals surface area (Å²) in [6.07, 6.45) is 29.7. The fourth-order valence-electron chi connectivity index (χ4n) is 5.09. The normalized spacial score (nSPS) is 14.2. The van der Waals surface area contributed by atoms with Crippen molar-refractivity contribution in [1.82, 2.24) is 0 Å². The molecule has 0 spiro atoms. The second-order valence-electron chi connectivity index (χ2n) is 12.6. The lowest BCUT2D eigenvalue weighted by Crippen LogP contribution is -2.28. The Morgan fingerprint density at radius 3 is 1.30 bits per heavy atom. The van der Waals surface area contributed by atoms with Crippen LogP contribution in [0.3, 0.4) is 0 Å². The molecular weight excluding hydrogens is 623 g/mol. The molecule has 0 aromatic heterocycles. The average molecular weight is 693 g/mol. The molecule has 0 aliphatic rings. The second-order valence-corrected chi connectivity index (χ2v) is 14.0. The van der Waals surface area contributed by atoms with Gasteiger partial charge < -0.3 is 24.6 Å². The first kappa shape index (κ1) is 45.7. The SMILES string of the molecule is CCCCCCCCCC/C=C\CCCCCCCCCCCCCC(=O)OC(CO)COP(=O)(O)OCC(CO)OC(=O)CCC. The van der Waals surface area contributed by atoms with Crippen LogP contribution in [0, 0.1) is 0 Å². The van der Waals surface area contributed by atoms with Gasteiger partial charge in [0.1, 0.15) is 12.2 Å². The van der Waals surface area contributed by atoms with E-state index in [-0.39, 0.29) is 12.8 Å². The third kappa shape index (κ3) is 31.7. The van der Waals surface area contributed by atoms with E-state index in [1.54, 1.807) is 6.92 Å². The highest BCUT2D eigenvalue weighted by atomic mass is 31.2. The van der Waals surface area contributed by atoms with Gasteiger partial charge in [0.2, 0.25) is 0 Å². The van der Waals surface area contributed by atoms with Gasteiger partial charge in [-0.25, -0.2) is 4.57 Å². The highest BCUT2D eigenvalue weighted by Gasteiger charge is 2.27. The van der Waals surface area contributed by atoms with Crippen molar-refractivity contribution in [2.75, 3.05) is 26.4 Å². The Bertz CT molecular complexity index is 807. The summed E-state index contributed by atoms with van der Waals surface area (Å²) in [7, 11) is -4.60. The van der Waals surface area contributed by atoms with Crippen LogP contribution in [0.2, 0.25) is 0 Å². The van der Waals surface area contributed by atoms with Crippen LogP contribution in [0.4, 0.5) is 0 Å². The summed E-state index contributed by atoms with van der Waals surface area (Å²) >= 11 is 0. The van der Waals surface area contributed by atoms with Gasteiger partial charge in [-0.05, 0) is 38.5 Å². The van der Waals surface area contributed by atoms with Crippen LogP contribution in [-0.4, -0.2) is 65.7 Å². The van der Waals surface area contributed by atoms with Crippen molar-refractivity contribution in [2.45, 2.75) is 180 Å². The molecule has 0 saturated carbocycles. The predicted molar refractivity (Wildman–Crippen MR) is 187 cm³/mol. The van der Waals surface area contributed by atoms with Gasteiger partial charge in [-0.15, -0.1) is 0 Å².